The number of aliphatic hydroxyl groups is 2. The largest absolute Gasteiger partial charge is 0.463 e. The van der Waals surface area contributed by atoms with Crippen molar-refractivity contribution in [2.45, 2.75) is 135 Å². The summed E-state index contributed by atoms with van der Waals surface area (Å²) in [4.78, 5) is 11.6. The Kier molecular flexibility index (Phi) is 5.13. The van der Waals surface area contributed by atoms with Crippen molar-refractivity contribution in [3.05, 3.63) is 0 Å². The molecule has 2 N–H and O–H groups in total. The van der Waals surface area contributed by atoms with Crippen LogP contribution in [-0.2, 0) is 23.7 Å². The van der Waals surface area contributed by atoms with Gasteiger partial charge in [-0.15, -0.1) is 0 Å². The van der Waals surface area contributed by atoms with Crippen molar-refractivity contribution in [2.24, 2.45) is 46.3 Å². The van der Waals surface area contributed by atoms with Gasteiger partial charge in [0, 0.05) is 24.7 Å². The van der Waals surface area contributed by atoms with Crippen LogP contribution >= 0.6 is 0 Å². The van der Waals surface area contributed by atoms with Crippen molar-refractivity contribution < 1.29 is 34.0 Å². The predicted molar refractivity (Wildman–Crippen MR) is 134 cm³/mol. The van der Waals surface area contributed by atoms with Gasteiger partial charge in [0.25, 0.3) is 0 Å². The summed E-state index contributed by atoms with van der Waals surface area (Å²) in [6, 6.07) is 0. The van der Waals surface area contributed by atoms with Crippen LogP contribution in [0.4, 0.5) is 0 Å². The van der Waals surface area contributed by atoms with Crippen LogP contribution in [0, 0.1) is 46.3 Å². The van der Waals surface area contributed by atoms with Gasteiger partial charge in [0.1, 0.15) is 11.7 Å². The summed E-state index contributed by atoms with van der Waals surface area (Å²) in [6.07, 6.45) is 5.65. The monoisotopic (exact) mass is 518 g/mol. The molecule has 37 heavy (non-hydrogen) atoms. The molecular weight excluding hydrogens is 472 g/mol. The van der Waals surface area contributed by atoms with Gasteiger partial charge in [0.05, 0.1) is 17.8 Å². The first-order valence-electron chi connectivity index (χ1n) is 14.9. The second kappa shape index (κ2) is 7.51. The van der Waals surface area contributed by atoms with Gasteiger partial charge in [-0.3, -0.25) is 4.79 Å². The van der Waals surface area contributed by atoms with Gasteiger partial charge < -0.3 is 29.2 Å². The number of hydrogen-bond donors (Lipinski definition) is 2. The fraction of sp³-hybridized carbons (Fsp3) is 0.967. The minimum atomic E-state index is -0.915. The van der Waals surface area contributed by atoms with E-state index in [1.807, 2.05) is 0 Å². The van der Waals surface area contributed by atoms with E-state index in [9.17, 15) is 15.0 Å². The van der Waals surface area contributed by atoms with Crippen molar-refractivity contribution >= 4 is 5.97 Å². The molecule has 4 saturated carbocycles. The van der Waals surface area contributed by atoms with Gasteiger partial charge in [-0.05, 0) is 101 Å². The molecule has 8 unspecified atom stereocenters. The van der Waals surface area contributed by atoms with Crippen molar-refractivity contribution in [1.29, 1.82) is 0 Å². The lowest BCUT2D eigenvalue weighted by Gasteiger charge is -2.62. The number of aliphatic hydroxyl groups excluding tert-OH is 2. The molecule has 208 valence electrons. The second-order valence-corrected chi connectivity index (χ2v) is 15.0. The Bertz CT molecular complexity index is 998. The lowest BCUT2D eigenvalue weighted by Crippen LogP contribution is -2.61. The zero-order valence-electron chi connectivity index (χ0n) is 23.4. The number of fused-ring (bicyclic) bond motifs is 5. The maximum absolute atomic E-state index is 12.0. The summed E-state index contributed by atoms with van der Waals surface area (Å²) in [6.45, 7) is 12.5. The third-order valence-corrected chi connectivity index (χ3v) is 13.2. The number of rotatable bonds is 1. The first kappa shape index (κ1) is 25.3. The molecule has 3 heterocycles. The van der Waals surface area contributed by atoms with Crippen LogP contribution in [0.1, 0.15) is 92.9 Å². The molecule has 4 aliphatic carbocycles. The minimum Gasteiger partial charge on any atom is -0.463 e. The fourth-order valence-electron chi connectivity index (χ4n) is 11.5. The van der Waals surface area contributed by atoms with Crippen LogP contribution in [0.5, 0.6) is 0 Å². The molecule has 0 aromatic heterocycles. The van der Waals surface area contributed by atoms with Crippen LogP contribution in [0.3, 0.4) is 0 Å². The first-order chi connectivity index (χ1) is 17.3. The average Bonchev–Trinajstić information content (AvgIpc) is 3.39. The lowest BCUT2D eigenvalue weighted by molar-refractivity contribution is -0.315. The van der Waals surface area contributed by atoms with Crippen LogP contribution in [0.15, 0.2) is 0 Å². The van der Waals surface area contributed by atoms with E-state index in [1.54, 1.807) is 0 Å². The highest BCUT2D eigenvalue weighted by molar-refractivity contribution is 5.66. The zero-order valence-corrected chi connectivity index (χ0v) is 23.4. The van der Waals surface area contributed by atoms with Crippen LogP contribution in [0.25, 0.3) is 0 Å². The van der Waals surface area contributed by atoms with Crippen LogP contribution < -0.4 is 0 Å². The molecule has 2 spiro atoms. The van der Waals surface area contributed by atoms with E-state index in [-0.39, 0.29) is 46.9 Å². The standard InChI is InChI=1S/C30H46O7/c1-15-13-30(37-26(15,3)4)28(6)24-22(35-30)12-20-19-8-7-17-11-18(34-16(2)31)9-10-27(17,5)23(19)21(32)14-29(20,24)25(33)36-28/h15,17-25,32-33H,7-14H2,1-6H3/t15-,17?,18+,19?,20?,21-,22-,23?,24?,25?,27-,28?,29+,30?/m0/s1. The molecule has 3 aliphatic heterocycles. The van der Waals surface area contributed by atoms with E-state index < -0.39 is 29.2 Å². The maximum Gasteiger partial charge on any atom is 0.302 e. The molecule has 7 rings (SSSR count). The molecule has 0 aromatic rings. The summed E-state index contributed by atoms with van der Waals surface area (Å²) in [5, 5.41) is 23.7. The van der Waals surface area contributed by atoms with Gasteiger partial charge in [-0.1, -0.05) is 13.8 Å². The third-order valence-electron chi connectivity index (χ3n) is 13.2. The summed E-state index contributed by atoms with van der Waals surface area (Å²) >= 11 is 0. The lowest BCUT2D eigenvalue weighted by atomic mass is 9.43. The van der Waals surface area contributed by atoms with Crippen molar-refractivity contribution in [3.63, 3.8) is 0 Å². The van der Waals surface area contributed by atoms with Gasteiger partial charge in [0.2, 0.25) is 0 Å². The second-order valence-electron chi connectivity index (χ2n) is 15.0. The SMILES string of the molecule is CC(=O)O[C@@H]1CC[C@@]2(C)C(CCC3C2[C@@H](O)C[C@]24C(O)OC5(C)C2[C@H](CC34)OC52C[C@H](C)C(C)(C)O2)C1. The smallest absolute Gasteiger partial charge is 0.302 e. The molecule has 7 heteroatoms. The molecule has 0 bridgehead atoms. The fourth-order valence-corrected chi connectivity index (χ4v) is 11.5. The van der Waals surface area contributed by atoms with Gasteiger partial charge >= 0.3 is 5.97 Å². The number of hydrogen-bond acceptors (Lipinski definition) is 7. The number of carbonyl (C=O) groups excluding carboxylic acids is 1. The molecule has 7 fully saturated rings. The van der Waals surface area contributed by atoms with Gasteiger partial charge in [-0.2, -0.15) is 0 Å². The predicted octanol–water partition coefficient (Wildman–Crippen LogP) is 4.18. The van der Waals surface area contributed by atoms with Gasteiger partial charge in [0.15, 0.2) is 12.1 Å². The molecule has 7 aliphatic rings. The third kappa shape index (κ3) is 2.94. The molecule has 0 aromatic carbocycles. The highest BCUT2D eigenvalue weighted by atomic mass is 16.8. The Labute approximate surface area is 220 Å². The van der Waals surface area contributed by atoms with E-state index in [1.165, 1.54) is 6.92 Å². The minimum absolute atomic E-state index is 0.00144. The number of esters is 1. The average molecular weight is 519 g/mol. The number of carbonyl (C=O) groups is 1. The molecular formula is C30H46O7. The Hall–Kier alpha value is -0.730. The Morgan fingerprint density at radius 2 is 1.76 bits per heavy atom. The van der Waals surface area contributed by atoms with E-state index in [0.717, 1.165) is 44.9 Å². The van der Waals surface area contributed by atoms with Gasteiger partial charge in [-0.25, -0.2) is 0 Å². The van der Waals surface area contributed by atoms with Crippen molar-refractivity contribution in [1.82, 2.24) is 0 Å². The van der Waals surface area contributed by atoms with E-state index in [0.29, 0.717) is 24.2 Å². The van der Waals surface area contributed by atoms with Crippen LogP contribution in [-0.4, -0.2) is 57.8 Å². The molecule has 3 saturated heterocycles. The summed E-state index contributed by atoms with van der Waals surface area (Å²) in [5.41, 5.74) is -1.53. The summed E-state index contributed by atoms with van der Waals surface area (Å²) in [7, 11) is 0. The molecule has 0 radical (unpaired) electrons. The van der Waals surface area contributed by atoms with Crippen LogP contribution in [0.2, 0.25) is 0 Å². The Balaban J connectivity index is 1.21. The highest BCUT2D eigenvalue weighted by Crippen LogP contribution is 2.77. The quantitative estimate of drug-likeness (QED) is 0.503. The number of ether oxygens (including phenoxy) is 4. The van der Waals surface area contributed by atoms with Crippen molar-refractivity contribution in [3.8, 4) is 0 Å². The first-order valence-corrected chi connectivity index (χ1v) is 14.9. The van der Waals surface area contributed by atoms with E-state index in [2.05, 4.69) is 34.6 Å². The summed E-state index contributed by atoms with van der Waals surface area (Å²) < 4.78 is 25.8. The maximum atomic E-state index is 12.0. The molecule has 0 amide bonds. The normalized spacial score (nSPS) is 61.1. The molecule has 14 atom stereocenters. The summed E-state index contributed by atoms with van der Waals surface area (Å²) in [5.74, 6) is 0.523. The Morgan fingerprint density at radius 1 is 1.00 bits per heavy atom. The molecule has 7 nitrogen and oxygen atoms in total. The Morgan fingerprint density at radius 3 is 2.43 bits per heavy atom. The highest BCUT2D eigenvalue weighted by Gasteiger charge is 2.84. The topological polar surface area (TPSA) is 94.5 Å². The van der Waals surface area contributed by atoms with E-state index >= 15 is 0 Å². The van der Waals surface area contributed by atoms with Crippen molar-refractivity contribution in [2.75, 3.05) is 0 Å². The zero-order chi connectivity index (χ0) is 26.3. The van der Waals surface area contributed by atoms with E-state index in [4.69, 9.17) is 18.9 Å².